The summed E-state index contributed by atoms with van der Waals surface area (Å²) < 4.78 is 24.8. The molecule has 2 N–H and O–H groups in total. The molecule has 3 rings (SSSR count). The number of aromatic nitrogens is 1. The van der Waals surface area contributed by atoms with E-state index in [-0.39, 0.29) is 11.3 Å². The Kier molecular flexibility index (Phi) is 7.27. The molecular weight excluding hydrogens is 439 g/mol. The quantitative estimate of drug-likeness (QED) is 0.515. The van der Waals surface area contributed by atoms with Crippen LogP contribution in [0, 0.1) is 5.82 Å². The summed E-state index contributed by atoms with van der Waals surface area (Å²) in [6.45, 7) is 0. The minimum Gasteiger partial charge on any atom is -0.495 e. The molecule has 2 aromatic carbocycles. The van der Waals surface area contributed by atoms with Gasteiger partial charge in [0.15, 0.2) is 0 Å². The minimum atomic E-state index is -1.19. The van der Waals surface area contributed by atoms with Gasteiger partial charge in [0.2, 0.25) is 0 Å². The Morgan fingerprint density at radius 1 is 1.09 bits per heavy atom. The highest BCUT2D eigenvalue weighted by Gasteiger charge is 2.23. The van der Waals surface area contributed by atoms with Crippen molar-refractivity contribution >= 4 is 23.5 Å². The zero-order valence-corrected chi connectivity index (χ0v) is 18.0. The zero-order chi connectivity index (χ0) is 23.3. The van der Waals surface area contributed by atoms with Crippen LogP contribution in [-0.2, 0) is 4.79 Å². The number of methoxy groups -OCH3 is 2. The molecule has 0 fully saturated rings. The molecule has 1 amide bonds. The van der Waals surface area contributed by atoms with Gasteiger partial charge in [0.1, 0.15) is 28.7 Å². The van der Waals surface area contributed by atoms with E-state index in [0.717, 1.165) is 0 Å². The fraction of sp³-hybridized carbons (Fsp3) is 0.174. The third-order valence-corrected chi connectivity index (χ3v) is 5.01. The molecule has 1 unspecified atom stereocenters. The Morgan fingerprint density at radius 3 is 2.47 bits per heavy atom. The Balaban J connectivity index is 1.96. The molecule has 0 aliphatic carbocycles. The van der Waals surface area contributed by atoms with Gasteiger partial charge in [-0.25, -0.2) is 9.37 Å². The lowest BCUT2D eigenvalue weighted by molar-refractivity contribution is -0.137. The number of carbonyl (C=O) groups is 2. The number of nitrogens with zero attached hydrogens (tertiary/aromatic N) is 1. The van der Waals surface area contributed by atoms with Gasteiger partial charge in [0.05, 0.1) is 31.7 Å². The minimum absolute atomic E-state index is 0.00134. The van der Waals surface area contributed by atoms with Crippen LogP contribution in [-0.4, -0.2) is 36.2 Å². The number of hydrogen-bond acceptors (Lipinski definition) is 5. The van der Waals surface area contributed by atoms with Crippen LogP contribution in [0.3, 0.4) is 0 Å². The molecular formula is C23H20ClFN2O5. The predicted molar refractivity (Wildman–Crippen MR) is 117 cm³/mol. The van der Waals surface area contributed by atoms with Crippen LogP contribution in [0.25, 0.3) is 11.3 Å². The number of nitrogens with one attached hydrogen (secondary N) is 1. The number of hydrogen-bond donors (Lipinski definition) is 2. The summed E-state index contributed by atoms with van der Waals surface area (Å²) in [6.07, 6.45) is -0.496. The Hall–Kier alpha value is -3.65. The highest BCUT2D eigenvalue weighted by atomic mass is 35.5. The molecule has 1 aromatic heterocycles. The van der Waals surface area contributed by atoms with Gasteiger partial charge >= 0.3 is 5.97 Å². The van der Waals surface area contributed by atoms with Crippen LogP contribution < -0.4 is 14.8 Å². The first kappa shape index (κ1) is 23.0. The van der Waals surface area contributed by atoms with Gasteiger partial charge in [-0.05, 0) is 30.3 Å². The normalized spacial score (nSPS) is 11.5. The molecule has 1 heterocycles. The SMILES string of the molecule is COc1cc(-c2nc(C(=O)NC(CC(=O)O)c3ccccc3F)ccc2OC)ccc1Cl. The van der Waals surface area contributed by atoms with E-state index in [1.165, 1.54) is 38.5 Å². The third-order valence-electron chi connectivity index (χ3n) is 4.70. The van der Waals surface area contributed by atoms with Crippen molar-refractivity contribution in [3.63, 3.8) is 0 Å². The number of carboxylic acid groups (broad SMARTS) is 1. The highest BCUT2D eigenvalue weighted by molar-refractivity contribution is 6.32. The van der Waals surface area contributed by atoms with Crippen LogP contribution in [0.1, 0.15) is 28.5 Å². The molecule has 3 aromatic rings. The number of carbonyl (C=O) groups excluding carboxylic acids is 1. The first-order valence-electron chi connectivity index (χ1n) is 9.50. The molecule has 0 saturated heterocycles. The van der Waals surface area contributed by atoms with E-state index in [9.17, 15) is 19.1 Å². The average Bonchev–Trinajstić information content (AvgIpc) is 2.78. The number of benzene rings is 2. The van der Waals surface area contributed by atoms with Crippen LogP contribution >= 0.6 is 11.6 Å². The van der Waals surface area contributed by atoms with E-state index in [4.69, 9.17) is 21.1 Å². The second kappa shape index (κ2) is 10.1. The maximum atomic E-state index is 14.2. The fourth-order valence-corrected chi connectivity index (χ4v) is 3.35. The van der Waals surface area contributed by atoms with E-state index in [2.05, 4.69) is 10.3 Å². The lowest BCUT2D eigenvalue weighted by Gasteiger charge is -2.18. The Morgan fingerprint density at radius 2 is 1.81 bits per heavy atom. The molecule has 0 bridgehead atoms. The Bertz CT molecular complexity index is 1150. The number of carboxylic acids is 1. The van der Waals surface area contributed by atoms with Gasteiger partial charge in [-0.15, -0.1) is 0 Å². The van der Waals surface area contributed by atoms with E-state index in [1.54, 1.807) is 30.3 Å². The van der Waals surface area contributed by atoms with Crippen LogP contribution in [0.2, 0.25) is 5.02 Å². The molecule has 0 aliphatic heterocycles. The van der Waals surface area contributed by atoms with Crippen molar-refractivity contribution < 1.29 is 28.6 Å². The van der Waals surface area contributed by atoms with Crippen molar-refractivity contribution in [2.75, 3.05) is 14.2 Å². The molecule has 0 saturated carbocycles. The van der Waals surface area contributed by atoms with Crippen LogP contribution in [0.15, 0.2) is 54.6 Å². The molecule has 0 spiro atoms. The first-order chi connectivity index (χ1) is 15.3. The van der Waals surface area contributed by atoms with E-state index < -0.39 is 30.2 Å². The number of rotatable bonds is 8. The third kappa shape index (κ3) is 5.15. The lowest BCUT2D eigenvalue weighted by atomic mass is 10.0. The second-order valence-corrected chi connectivity index (χ2v) is 7.15. The summed E-state index contributed by atoms with van der Waals surface area (Å²) in [6, 6.07) is 12.6. The van der Waals surface area contributed by atoms with E-state index in [1.807, 2.05) is 0 Å². The molecule has 0 aliphatic rings. The van der Waals surface area contributed by atoms with Crippen LogP contribution in [0.5, 0.6) is 11.5 Å². The summed E-state index contributed by atoms with van der Waals surface area (Å²) in [5.74, 6) is -1.64. The molecule has 32 heavy (non-hydrogen) atoms. The number of aliphatic carboxylic acids is 1. The lowest BCUT2D eigenvalue weighted by Crippen LogP contribution is -2.31. The number of pyridine rings is 1. The first-order valence-corrected chi connectivity index (χ1v) is 9.87. The van der Waals surface area contributed by atoms with Crippen molar-refractivity contribution in [2.24, 2.45) is 0 Å². The maximum Gasteiger partial charge on any atom is 0.305 e. The Labute approximate surface area is 188 Å². The molecule has 7 nitrogen and oxygen atoms in total. The highest BCUT2D eigenvalue weighted by Crippen LogP contribution is 2.34. The fourth-order valence-electron chi connectivity index (χ4n) is 3.15. The largest absolute Gasteiger partial charge is 0.495 e. The average molecular weight is 459 g/mol. The van der Waals surface area contributed by atoms with Gasteiger partial charge in [0.25, 0.3) is 5.91 Å². The van der Waals surface area contributed by atoms with Gasteiger partial charge in [-0.2, -0.15) is 0 Å². The number of amides is 1. The summed E-state index contributed by atoms with van der Waals surface area (Å²) >= 11 is 6.09. The molecule has 1 atom stereocenters. The van der Waals surface area contributed by atoms with Crippen LogP contribution in [0.4, 0.5) is 4.39 Å². The van der Waals surface area contributed by atoms with Gasteiger partial charge in [0, 0.05) is 11.1 Å². The monoisotopic (exact) mass is 458 g/mol. The van der Waals surface area contributed by atoms with E-state index >= 15 is 0 Å². The summed E-state index contributed by atoms with van der Waals surface area (Å²) in [4.78, 5) is 28.6. The number of halogens is 2. The second-order valence-electron chi connectivity index (χ2n) is 6.74. The molecule has 0 radical (unpaired) electrons. The van der Waals surface area contributed by atoms with Crippen molar-refractivity contribution in [3.8, 4) is 22.8 Å². The van der Waals surface area contributed by atoms with E-state index in [0.29, 0.717) is 27.8 Å². The van der Waals surface area contributed by atoms with Crippen molar-refractivity contribution in [3.05, 3.63) is 76.7 Å². The summed E-state index contributed by atoms with van der Waals surface area (Å²) in [5, 5.41) is 12.2. The van der Waals surface area contributed by atoms with Gasteiger partial charge in [-0.3, -0.25) is 9.59 Å². The maximum absolute atomic E-state index is 14.2. The molecule has 9 heteroatoms. The smallest absolute Gasteiger partial charge is 0.305 e. The zero-order valence-electron chi connectivity index (χ0n) is 17.3. The summed E-state index contributed by atoms with van der Waals surface area (Å²) in [5.41, 5.74) is 1.02. The molecule has 166 valence electrons. The topological polar surface area (TPSA) is 97.8 Å². The van der Waals surface area contributed by atoms with Crippen molar-refractivity contribution in [1.82, 2.24) is 10.3 Å². The van der Waals surface area contributed by atoms with Crippen molar-refractivity contribution in [2.45, 2.75) is 12.5 Å². The van der Waals surface area contributed by atoms with Crippen molar-refractivity contribution in [1.29, 1.82) is 0 Å². The predicted octanol–water partition coefficient (Wildman–Crippen LogP) is 4.50. The summed E-state index contributed by atoms with van der Waals surface area (Å²) in [7, 11) is 2.94. The number of ether oxygens (including phenoxy) is 2. The van der Waals surface area contributed by atoms with Gasteiger partial charge in [-0.1, -0.05) is 35.9 Å². The standard InChI is InChI=1S/C23H20ClFN2O5/c1-31-19-10-9-17(26-22(19)13-7-8-15(24)20(11-13)32-2)23(30)27-18(12-21(28)29)14-5-3-4-6-16(14)25/h3-11,18H,12H2,1-2H3,(H,27,30)(H,28,29). The van der Waals surface area contributed by atoms with Gasteiger partial charge < -0.3 is 19.9 Å².